The smallest absolute Gasteiger partial charge is 0.310 e. The molecule has 130 valence electrons. The van der Waals surface area contributed by atoms with E-state index < -0.39 is 11.8 Å². The van der Waals surface area contributed by atoms with Gasteiger partial charge in [-0.05, 0) is 19.9 Å². The predicted molar refractivity (Wildman–Crippen MR) is 85.0 cm³/mol. The molecule has 0 spiro atoms. The molecule has 7 heteroatoms. The molecule has 1 heterocycles. The van der Waals surface area contributed by atoms with Crippen LogP contribution in [0.4, 0.5) is 4.39 Å². The van der Waals surface area contributed by atoms with Crippen molar-refractivity contribution in [3.63, 3.8) is 0 Å². The molecule has 0 radical (unpaired) electrons. The topological polar surface area (TPSA) is 54.0 Å². The second-order valence-electron chi connectivity index (χ2n) is 4.91. The Morgan fingerprint density at radius 3 is 2.74 bits per heavy atom. The van der Waals surface area contributed by atoms with Crippen molar-refractivity contribution in [3.05, 3.63) is 23.5 Å². The lowest BCUT2D eigenvalue weighted by atomic mass is 10.1. The van der Waals surface area contributed by atoms with Crippen LogP contribution in [0.2, 0.25) is 0 Å². The molecule has 1 fully saturated rings. The number of carbonyl (C=O) groups excluding carboxylic acids is 1. The van der Waals surface area contributed by atoms with Gasteiger partial charge in [-0.2, -0.15) is 0 Å². The maximum Gasteiger partial charge on any atom is 0.310 e. The molecule has 0 aromatic heterocycles. The van der Waals surface area contributed by atoms with Crippen molar-refractivity contribution in [2.24, 2.45) is 0 Å². The van der Waals surface area contributed by atoms with Gasteiger partial charge in [-0.25, -0.2) is 4.39 Å². The van der Waals surface area contributed by atoms with E-state index in [1.54, 1.807) is 6.92 Å². The lowest BCUT2D eigenvalue weighted by molar-refractivity contribution is -0.142. The Bertz CT molecular complexity index is 517. The molecule has 1 aliphatic heterocycles. The molecule has 2 rings (SSSR count). The van der Waals surface area contributed by atoms with Gasteiger partial charge in [0.1, 0.15) is 11.9 Å². The number of carbonyl (C=O) groups is 1. The quantitative estimate of drug-likeness (QED) is 0.709. The first-order valence-corrected chi connectivity index (χ1v) is 7.49. The normalized spacial score (nSPS) is 16.6. The minimum Gasteiger partial charge on any atom is -0.494 e. The molecule has 0 N–H and O–H groups in total. The molecule has 0 aliphatic carbocycles. The summed E-state index contributed by atoms with van der Waals surface area (Å²) in [6.45, 7) is 5.28. The standard InChI is InChI=1S/C16H21FO5.ClH/c1-3-20-13-7-11(8-15(18)21-4-2)16(17)14(9-13)22-12-5-6-19-10-12;/h7,9,12H,3-6,8,10H2,1-2H3;1H. The number of benzene rings is 1. The fourth-order valence-electron chi connectivity index (χ4n) is 2.24. The molecular weight excluding hydrogens is 327 g/mol. The molecule has 1 unspecified atom stereocenters. The SMILES string of the molecule is CCOC(=O)Cc1cc(OCC)cc(OC2CCOC2)c1F.Cl. The summed E-state index contributed by atoms with van der Waals surface area (Å²) in [5, 5.41) is 0. The van der Waals surface area contributed by atoms with Crippen LogP contribution in [0, 0.1) is 5.82 Å². The Labute approximate surface area is 141 Å². The molecule has 1 aromatic rings. The molecule has 5 nitrogen and oxygen atoms in total. The van der Waals surface area contributed by atoms with Gasteiger partial charge in [0.05, 0.1) is 32.8 Å². The third-order valence-corrected chi connectivity index (χ3v) is 3.22. The summed E-state index contributed by atoms with van der Waals surface area (Å²) >= 11 is 0. The van der Waals surface area contributed by atoms with Crippen LogP contribution in [0.15, 0.2) is 12.1 Å². The van der Waals surface area contributed by atoms with Gasteiger partial charge < -0.3 is 18.9 Å². The summed E-state index contributed by atoms with van der Waals surface area (Å²) in [7, 11) is 0. The summed E-state index contributed by atoms with van der Waals surface area (Å²) in [6, 6.07) is 3.01. The van der Waals surface area contributed by atoms with Gasteiger partial charge in [-0.15, -0.1) is 12.4 Å². The van der Waals surface area contributed by atoms with Gasteiger partial charge in [0.15, 0.2) is 11.6 Å². The van der Waals surface area contributed by atoms with E-state index in [2.05, 4.69) is 0 Å². The Morgan fingerprint density at radius 1 is 1.35 bits per heavy atom. The summed E-state index contributed by atoms with van der Waals surface area (Å²) in [4.78, 5) is 11.6. The van der Waals surface area contributed by atoms with E-state index in [1.807, 2.05) is 6.92 Å². The Kier molecular flexibility index (Phi) is 8.12. The lowest BCUT2D eigenvalue weighted by Crippen LogP contribution is -2.17. The van der Waals surface area contributed by atoms with Gasteiger partial charge >= 0.3 is 5.97 Å². The highest BCUT2D eigenvalue weighted by atomic mass is 35.5. The molecular formula is C16H22ClFO5. The number of esters is 1. The molecule has 1 aliphatic rings. The van der Waals surface area contributed by atoms with Crippen molar-refractivity contribution in [2.75, 3.05) is 26.4 Å². The number of hydrogen-bond acceptors (Lipinski definition) is 5. The largest absolute Gasteiger partial charge is 0.494 e. The van der Waals surface area contributed by atoms with Crippen LogP contribution in [0.1, 0.15) is 25.8 Å². The number of halogens is 2. The fourth-order valence-corrected chi connectivity index (χ4v) is 2.24. The number of ether oxygens (including phenoxy) is 4. The van der Waals surface area contributed by atoms with Gasteiger partial charge in [-0.3, -0.25) is 4.79 Å². The van der Waals surface area contributed by atoms with E-state index in [0.717, 1.165) is 0 Å². The fraction of sp³-hybridized carbons (Fsp3) is 0.562. The van der Waals surface area contributed by atoms with Crippen LogP contribution >= 0.6 is 12.4 Å². The molecule has 1 atom stereocenters. The highest BCUT2D eigenvalue weighted by molar-refractivity contribution is 5.85. The minimum absolute atomic E-state index is 0. The second kappa shape index (κ2) is 9.57. The first-order valence-electron chi connectivity index (χ1n) is 7.49. The van der Waals surface area contributed by atoms with Crippen LogP contribution < -0.4 is 9.47 Å². The van der Waals surface area contributed by atoms with Gasteiger partial charge in [0.2, 0.25) is 0 Å². The van der Waals surface area contributed by atoms with Crippen molar-refractivity contribution in [3.8, 4) is 11.5 Å². The third kappa shape index (κ3) is 5.55. The van der Waals surface area contributed by atoms with Crippen LogP contribution in [0.25, 0.3) is 0 Å². The Hall–Kier alpha value is -1.53. The van der Waals surface area contributed by atoms with E-state index >= 15 is 0 Å². The van der Waals surface area contributed by atoms with E-state index in [0.29, 0.717) is 32.0 Å². The van der Waals surface area contributed by atoms with E-state index in [1.165, 1.54) is 12.1 Å². The van der Waals surface area contributed by atoms with E-state index in [4.69, 9.17) is 18.9 Å². The maximum absolute atomic E-state index is 14.5. The number of hydrogen-bond donors (Lipinski definition) is 0. The van der Waals surface area contributed by atoms with Crippen LogP contribution in [-0.4, -0.2) is 38.5 Å². The van der Waals surface area contributed by atoms with Crippen molar-refractivity contribution in [1.29, 1.82) is 0 Å². The Morgan fingerprint density at radius 2 is 2.13 bits per heavy atom. The summed E-state index contributed by atoms with van der Waals surface area (Å²) in [6.07, 6.45) is 0.380. The average molecular weight is 349 g/mol. The van der Waals surface area contributed by atoms with Crippen LogP contribution in [0.5, 0.6) is 11.5 Å². The third-order valence-electron chi connectivity index (χ3n) is 3.22. The minimum atomic E-state index is -0.552. The predicted octanol–water partition coefficient (Wildman–Crippen LogP) is 2.92. The zero-order valence-electron chi connectivity index (χ0n) is 13.3. The molecule has 0 bridgehead atoms. The first kappa shape index (κ1) is 19.5. The van der Waals surface area contributed by atoms with E-state index in [-0.39, 0.29) is 42.9 Å². The molecule has 0 amide bonds. The summed E-state index contributed by atoms with van der Waals surface area (Å²) < 4.78 is 35.7. The maximum atomic E-state index is 14.5. The second-order valence-corrected chi connectivity index (χ2v) is 4.91. The summed E-state index contributed by atoms with van der Waals surface area (Å²) in [5.74, 6) is -0.480. The molecule has 1 aromatic carbocycles. The van der Waals surface area contributed by atoms with Gasteiger partial charge in [-0.1, -0.05) is 0 Å². The van der Waals surface area contributed by atoms with Crippen molar-refractivity contribution in [2.45, 2.75) is 32.8 Å². The molecule has 1 saturated heterocycles. The van der Waals surface area contributed by atoms with Crippen molar-refractivity contribution in [1.82, 2.24) is 0 Å². The highest BCUT2D eigenvalue weighted by Gasteiger charge is 2.22. The Balaban J connectivity index is 0.00000264. The number of rotatable bonds is 7. The highest BCUT2D eigenvalue weighted by Crippen LogP contribution is 2.30. The zero-order chi connectivity index (χ0) is 15.9. The molecule has 23 heavy (non-hydrogen) atoms. The van der Waals surface area contributed by atoms with Gasteiger partial charge in [0, 0.05) is 18.1 Å². The monoisotopic (exact) mass is 348 g/mol. The van der Waals surface area contributed by atoms with Crippen LogP contribution in [-0.2, 0) is 20.7 Å². The van der Waals surface area contributed by atoms with Crippen molar-refractivity contribution < 1.29 is 28.1 Å². The zero-order valence-corrected chi connectivity index (χ0v) is 14.1. The van der Waals surface area contributed by atoms with Crippen LogP contribution in [0.3, 0.4) is 0 Å². The van der Waals surface area contributed by atoms with E-state index in [9.17, 15) is 9.18 Å². The lowest BCUT2D eigenvalue weighted by Gasteiger charge is -2.16. The molecule has 0 saturated carbocycles. The average Bonchev–Trinajstić information content (AvgIpc) is 2.97. The first-order chi connectivity index (χ1) is 10.6. The van der Waals surface area contributed by atoms with Gasteiger partial charge in [0.25, 0.3) is 0 Å². The van der Waals surface area contributed by atoms with Crippen molar-refractivity contribution >= 4 is 18.4 Å². The summed E-state index contributed by atoms with van der Waals surface area (Å²) in [5.41, 5.74) is 0.207.